The predicted octanol–water partition coefficient (Wildman–Crippen LogP) is 2.88. The fraction of sp³-hybridized carbons (Fsp3) is 0.375. The number of amides is 3. The Labute approximate surface area is 181 Å². The number of carbonyl (C=O) groups is 3. The van der Waals surface area contributed by atoms with Crippen LogP contribution in [0.4, 0.5) is 4.79 Å². The molecule has 3 amide bonds. The lowest BCUT2D eigenvalue weighted by molar-refractivity contribution is -0.141. The fourth-order valence-corrected chi connectivity index (χ4v) is 4.50. The predicted molar refractivity (Wildman–Crippen MR) is 115 cm³/mol. The lowest BCUT2D eigenvalue weighted by atomic mass is 9.98. The van der Waals surface area contributed by atoms with E-state index in [9.17, 15) is 19.5 Å². The molecule has 0 aliphatic carbocycles. The Balaban J connectivity index is 1.39. The van der Waals surface area contributed by atoms with E-state index in [0.29, 0.717) is 25.9 Å². The maximum atomic E-state index is 13.0. The molecule has 0 aromatic heterocycles. The van der Waals surface area contributed by atoms with Crippen molar-refractivity contribution >= 4 is 17.9 Å². The van der Waals surface area contributed by atoms with Gasteiger partial charge in [0.15, 0.2) is 0 Å². The standard InChI is InChI=1S/C24H27N3O4/c28-21-15-19(23(29)30)16-27(21)20-11-13-26(14-12-20)24(31)25-22(17-7-3-1-4-8-17)18-9-5-2-6-10-18/h1-10,19-20,22H,11-16H2,(H,25,31)(H,29,30). The highest BCUT2D eigenvalue weighted by Gasteiger charge is 2.39. The van der Waals surface area contributed by atoms with Gasteiger partial charge in [-0.05, 0) is 24.0 Å². The van der Waals surface area contributed by atoms with Gasteiger partial charge in [-0.1, -0.05) is 60.7 Å². The first-order valence-corrected chi connectivity index (χ1v) is 10.7. The van der Waals surface area contributed by atoms with Gasteiger partial charge in [0.25, 0.3) is 0 Å². The molecule has 0 saturated carbocycles. The molecule has 2 heterocycles. The molecule has 0 spiro atoms. The SMILES string of the molecule is O=C(O)C1CC(=O)N(C2CCN(C(=O)NC(c3ccccc3)c3ccccc3)CC2)C1. The van der Waals surface area contributed by atoms with E-state index >= 15 is 0 Å². The Kier molecular flexibility index (Phi) is 6.21. The molecule has 0 bridgehead atoms. The molecule has 2 aliphatic rings. The molecule has 31 heavy (non-hydrogen) atoms. The van der Waals surface area contributed by atoms with Gasteiger partial charge in [0.05, 0.1) is 12.0 Å². The van der Waals surface area contributed by atoms with Gasteiger partial charge in [0.2, 0.25) is 5.91 Å². The lowest BCUT2D eigenvalue weighted by Crippen LogP contribution is -2.50. The third-order valence-corrected chi connectivity index (χ3v) is 6.23. The zero-order chi connectivity index (χ0) is 21.8. The molecule has 2 aromatic rings. The van der Waals surface area contributed by atoms with Crippen molar-refractivity contribution in [3.63, 3.8) is 0 Å². The highest BCUT2D eigenvalue weighted by atomic mass is 16.4. The van der Waals surface area contributed by atoms with E-state index < -0.39 is 11.9 Å². The van der Waals surface area contributed by atoms with E-state index in [1.807, 2.05) is 60.7 Å². The maximum absolute atomic E-state index is 13.0. The van der Waals surface area contributed by atoms with Crippen LogP contribution in [-0.4, -0.2) is 58.5 Å². The van der Waals surface area contributed by atoms with Crippen molar-refractivity contribution in [1.29, 1.82) is 0 Å². The van der Waals surface area contributed by atoms with E-state index in [4.69, 9.17) is 0 Å². The second-order valence-electron chi connectivity index (χ2n) is 8.21. The van der Waals surface area contributed by atoms with Crippen molar-refractivity contribution in [3.05, 3.63) is 71.8 Å². The third-order valence-electron chi connectivity index (χ3n) is 6.23. The highest BCUT2D eigenvalue weighted by molar-refractivity contribution is 5.86. The summed E-state index contributed by atoms with van der Waals surface area (Å²) in [4.78, 5) is 40.0. The quantitative estimate of drug-likeness (QED) is 0.777. The van der Waals surface area contributed by atoms with Crippen LogP contribution in [0.15, 0.2) is 60.7 Å². The minimum atomic E-state index is -0.916. The largest absolute Gasteiger partial charge is 0.481 e. The Morgan fingerprint density at radius 1 is 0.935 bits per heavy atom. The number of carboxylic acids is 1. The average molecular weight is 421 g/mol. The fourth-order valence-electron chi connectivity index (χ4n) is 4.50. The molecule has 0 radical (unpaired) electrons. The summed E-state index contributed by atoms with van der Waals surface area (Å²) in [5.41, 5.74) is 2.03. The second kappa shape index (κ2) is 9.20. The number of nitrogens with one attached hydrogen (secondary N) is 1. The van der Waals surface area contributed by atoms with Crippen LogP contribution in [0.5, 0.6) is 0 Å². The van der Waals surface area contributed by atoms with Crippen LogP contribution in [0.2, 0.25) is 0 Å². The number of likely N-dealkylation sites (tertiary alicyclic amines) is 2. The number of hydrogen-bond acceptors (Lipinski definition) is 3. The van der Waals surface area contributed by atoms with Crippen LogP contribution in [0.1, 0.15) is 36.4 Å². The summed E-state index contributed by atoms with van der Waals surface area (Å²) in [6.45, 7) is 1.34. The van der Waals surface area contributed by atoms with Gasteiger partial charge in [-0.15, -0.1) is 0 Å². The van der Waals surface area contributed by atoms with E-state index in [2.05, 4.69) is 5.32 Å². The van der Waals surface area contributed by atoms with Gasteiger partial charge in [0.1, 0.15) is 0 Å². The number of piperidine rings is 1. The molecule has 7 heteroatoms. The van der Waals surface area contributed by atoms with Gasteiger partial charge in [-0.25, -0.2) is 4.79 Å². The van der Waals surface area contributed by atoms with Gasteiger partial charge < -0.3 is 20.2 Å². The van der Waals surface area contributed by atoms with E-state index in [1.54, 1.807) is 9.80 Å². The summed E-state index contributed by atoms with van der Waals surface area (Å²) in [6, 6.07) is 19.4. The minimum absolute atomic E-state index is 0.0000522. The Hall–Kier alpha value is -3.35. The molecule has 2 saturated heterocycles. The van der Waals surface area contributed by atoms with Crippen molar-refractivity contribution < 1.29 is 19.5 Å². The topological polar surface area (TPSA) is 90.0 Å². The number of urea groups is 1. The monoisotopic (exact) mass is 421 g/mol. The van der Waals surface area contributed by atoms with Crippen LogP contribution in [-0.2, 0) is 9.59 Å². The Morgan fingerprint density at radius 3 is 1.97 bits per heavy atom. The molecule has 2 aromatic carbocycles. The molecule has 2 aliphatic heterocycles. The average Bonchev–Trinajstić information content (AvgIpc) is 3.20. The summed E-state index contributed by atoms with van der Waals surface area (Å²) in [6.07, 6.45) is 1.39. The number of carbonyl (C=O) groups excluding carboxylic acids is 2. The molecular weight excluding hydrogens is 394 g/mol. The van der Waals surface area contributed by atoms with Crippen LogP contribution in [0.25, 0.3) is 0 Å². The van der Waals surface area contributed by atoms with E-state index in [0.717, 1.165) is 11.1 Å². The molecule has 2 N–H and O–H groups in total. The number of nitrogens with zero attached hydrogens (tertiary/aromatic N) is 2. The van der Waals surface area contributed by atoms with Crippen LogP contribution < -0.4 is 5.32 Å². The molecule has 4 rings (SSSR count). The summed E-state index contributed by atoms with van der Waals surface area (Å²) in [7, 11) is 0. The molecule has 162 valence electrons. The summed E-state index contributed by atoms with van der Waals surface area (Å²) in [5, 5.41) is 12.4. The first-order valence-electron chi connectivity index (χ1n) is 10.7. The zero-order valence-corrected chi connectivity index (χ0v) is 17.3. The van der Waals surface area contributed by atoms with Crippen molar-refractivity contribution in [2.24, 2.45) is 5.92 Å². The zero-order valence-electron chi connectivity index (χ0n) is 17.3. The van der Waals surface area contributed by atoms with Gasteiger partial charge in [0, 0.05) is 32.1 Å². The van der Waals surface area contributed by atoms with Crippen molar-refractivity contribution in [2.45, 2.75) is 31.3 Å². The minimum Gasteiger partial charge on any atom is -0.481 e. The molecule has 1 atom stereocenters. The smallest absolute Gasteiger partial charge is 0.318 e. The van der Waals surface area contributed by atoms with Crippen molar-refractivity contribution in [3.8, 4) is 0 Å². The van der Waals surface area contributed by atoms with E-state index in [-0.39, 0.29) is 37.0 Å². The molecular formula is C24H27N3O4. The summed E-state index contributed by atoms with van der Waals surface area (Å²) >= 11 is 0. The third kappa shape index (κ3) is 4.71. The maximum Gasteiger partial charge on any atom is 0.318 e. The first-order chi connectivity index (χ1) is 15.0. The first kappa shape index (κ1) is 20.9. The second-order valence-corrected chi connectivity index (χ2v) is 8.21. The van der Waals surface area contributed by atoms with Crippen LogP contribution in [0, 0.1) is 5.92 Å². The van der Waals surface area contributed by atoms with E-state index in [1.165, 1.54) is 0 Å². The Bertz CT molecular complexity index is 887. The molecule has 2 fully saturated rings. The van der Waals surface area contributed by atoms with Gasteiger partial charge in [-0.2, -0.15) is 0 Å². The lowest BCUT2D eigenvalue weighted by Gasteiger charge is -2.37. The van der Waals surface area contributed by atoms with Crippen LogP contribution >= 0.6 is 0 Å². The Morgan fingerprint density at radius 2 is 1.48 bits per heavy atom. The number of rotatable bonds is 5. The van der Waals surface area contributed by atoms with Gasteiger partial charge in [-0.3, -0.25) is 9.59 Å². The number of benzene rings is 2. The normalized spacial score (nSPS) is 19.6. The summed E-state index contributed by atoms with van der Waals surface area (Å²) < 4.78 is 0. The summed E-state index contributed by atoms with van der Waals surface area (Å²) in [5.74, 6) is -1.63. The van der Waals surface area contributed by atoms with Crippen molar-refractivity contribution in [2.75, 3.05) is 19.6 Å². The molecule has 1 unspecified atom stereocenters. The van der Waals surface area contributed by atoms with Crippen LogP contribution in [0.3, 0.4) is 0 Å². The van der Waals surface area contributed by atoms with Gasteiger partial charge >= 0.3 is 12.0 Å². The van der Waals surface area contributed by atoms with Crippen molar-refractivity contribution in [1.82, 2.24) is 15.1 Å². The number of carboxylic acid groups (broad SMARTS) is 1. The number of hydrogen-bond donors (Lipinski definition) is 2. The number of aliphatic carboxylic acids is 1. The highest BCUT2D eigenvalue weighted by Crippen LogP contribution is 2.27. The molecule has 7 nitrogen and oxygen atoms in total.